The molecule has 0 aliphatic rings. The Balaban J connectivity index is 1.70. The summed E-state index contributed by atoms with van der Waals surface area (Å²) < 4.78 is 0. The molecule has 0 fully saturated rings. The van der Waals surface area contributed by atoms with Gasteiger partial charge in [-0.05, 0) is 36.9 Å². The Labute approximate surface area is 166 Å². The lowest BCUT2D eigenvalue weighted by atomic mass is 10.0. The molecule has 2 amide bonds. The molecule has 2 heterocycles. The molecule has 0 radical (unpaired) electrons. The zero-order valence-electron chi connectivity index (χ0n) is 15.4. The Morgan fingerprint density at radius 2 is 2.00 bits per heavy atom. The molecule has 7 heteroatoms. The van der Waals surface area contributed by atoms with Crippen LogP contribution in [0.25, 0.3) is 11.3 Å². The Morgan fingerprint density at radius 3 is 2.70 bits per heavy atom. The molecule has 0 spiro atoms. The monoisotopic (exact) mass is 399 g/mol. The van der Waals surface area contributed by atoms with Crippen molar-refractivity contribution in [2.45, 2.75) is 33.2 Å². The molecule has 0 saturated carbocycles. The minimum absolute atomic E-state index is 0.160. The van der Waals surface area contributed by atoms with Crippen LogP contribution in [-0.4, -0.2) is 16.8 Å². The Kier molecular flexibility index (Phi) is 6.03. The van der Waals surface area contributed by atoms with Crippen molar-refractivity contribution in [3.63, 3.8) is 0 Å². The predicted molar refractivity (Wildman–Crippen MR) is 111 cm³/mol. The predicted octanol–water partition coefficient (Wildman–Crippen LogP) is 4.69. The number of rotatable bonds is 6. The highest BCUT2D eigenvalue weighted by atomic mass is 32.1. The Bertz CT molecular complexity index is 948. The highest BCUT2D eigenvalue weighted by Crippen LogP contribution is 2.29. The first-order valence-corrected chi connectivity index (χ1v) is 10.3. The lowest BCUT2D eigenvalue weighted by Gasteiger charge is -2.15. The maximum Gasteiger partial charge on any atom is 0.228 e. The molecule has 1 atom stereocenters. The van der Waals surface area contributed by atoms with Crippen LogP contribution in [0.1, 0.15) is 35.4 Å². The number of amides is 2. The first-order valence-electron chi connectivity index (χ1n) is 8.56. The summed E-state index contributed by atoms with van der Waals surface area (Å²) in [5.74, 6) is -0.336. The molecule has 3 rings (SSSR count). The zero-order valence-corrected chi connectivity index (χ0v) is 17.0. The van der Waals surface area contributed by atoms with Gasteiger partial charge in [0.15, 0.2) is 5.13 Å². The number of thiazole rings is 1. The van der Waals surface area contributed by atoms with Crippen LogP contribution in [0.15, 0.2) is 41.1 Å². The third-order valence-corrected chi connectivity index (χ3v) is 5.82. The van der Waals surface area contributed by atoms with Gasteiger partial charge in [0.1, 0.15) is 0 Å². The molecule has 2 N–H and O–H groups in total. The van der Waals surface area contributed by atoms with Crippen LogP contribution in [0.3, 0.4) is 0 Å². The molecule has 2 aromatic heterocycles. The summed E-state index contributed by atoms with van der Waals surface area (Å²) in [6, 6.07) is 9.73. The third-order valence-electron chi connectivity index (χ3n) is 4.07. The maximum absolute atomic E-state index is 12.5. The number of nitrogens with one attached hydrogen (secondary N) is 2. The molecule has 140 valence electrons. The molecular weight excluding hydrogens is 378 g/mol. The summed E-state index contributed by atoms with van der Waals surface area (Å²) in [6.07, 6.45) is 0.165. The van der Waals surface area contributed by atoms with Crippen LogP contribution in [0.4, 0.5) is 5.13 Å². The molecule has 0 bridgehead atoms. The van der Waals surface area contributed by atoms with Crippen molar-refractivity contribution < 1.29 is 9.59 Å². The van der Waals surface area contributed by atoms with Crippen LogP contribution in [-0.2, 0) is 9.59 Å². The van der Waals surface area contributed by atoms with Gasteiger partial charge in [-0.1, -0.05) is 23.8 Å². The average molecular weight is 400 g/mol. The minimum atomic E-state index is -0.332. The maximum atomic E-state index is 12.5. The smallest absolute Gasteiger partial charge is 0.228 e. The molecule has 1 aromatic carbocycles. The Hall–Kier alpha value is -2.51. The van der Waals surface area contributed by atoms with Crippen LogP contribution in [0.5, 0.6) is 0 Å². The topological polar surface area (TPSA) is 71.1 Å². The zero-order chi connectivity index (χ0) is 19.4. The van der Waals surface area contributed by atoms with Crippen LogP contribution >= 0.6 is 22.7 Å². The number of nitrogens with zero attached hydrogens (tertiary/aromatic N) is 1. The fourth-order valence-electron chi connectivity index (χ4n) is 2.78. The van der Waals surface area contributed by atoms with Gasteiger partial charge in [0, 0.05) is 22.7 Å². The second-order valence-electron chi connectivity index (χ2n) is 6.38. The summed E-state index contributed by atoms with van der Waals surface area (Å²) in [7, 11) is 0. The fourth-order valence-corrected chi connectivity index (χ4v) is 4.28. The van der Waals surface area contributed by atoms with E-state index < -0.39 is 0 Å². The van der Waals surface area contributed by atoms with Gasteiger partial charge in [-0.2, -0.15) is 0 Å². The third kappa shape index (κ3) is 5.02. The van der Waals surface area contributed by atoms with E-state index in [1.807, 2.05) is 36.7 Å². The standard InChI is InChI=1S/C20H21N3O2S2/c1-12-6-7-13(2)15(9-12)17-11-27-20(22-17)23-19(25)10-16(21-14(3)24)18-5-4-8-26-18/h4-9,11,16H,10H2,1-3H3,(H,21,24)(H,22,23,25). The summed E-state index contributed by atoms with van der Waals surface area (Å²) in [5.41, 5.74) is 4.24. The number of hydrogen-bond donors (Lipinski definition) is 2. The Morgan fingerprint density at radius 1 is 1.19 bits per heavy atom. The molecule has 0 aliphatic heterocycles. The van der Waals surface area contributed by atoms with Crippen LogP contribution < -0.4 is 10.6 Å². The summed E-state index contributed by atoms with van der Waals surface area (Å²) in [5, 5.41) is 10.1. The van der Waals surface area contributed by atoms with E-state index in [0.29, 0.717) is 5.13 Å². The van der Waals surface area contributed by atoms with E-state index in [0.717, 1.165) is 21.7 Å². The van der Waals surface area contributed by atoms with E-state index in [-0.39, 0.29) is 24.3 Å². The van der Waals surface area contributed by atoms with Gasteiger partial charge in [0.25, 0.3) is 0 Å². The largest absolute Gasteiger partial charge is 0.348 e. The van der Waals surface area contributed by atoms with Crippen LogP contribution in [0.2, 0.25) is 0 Å². The molecule has 0 aliphatic carbocycles. The van der Waals surface area contributed by atoms with E-state index in [1.54, 1.807) is 0 Å². The number of benzene rings is 1. The van der Waals surface area contributed by atoms with E-state index in [1.165, 1.54) is 35.2 Å². The van der Waals surface area contributed by atoms with Gasteiger partial charge in [-0.15, -0.1) is 22.7 Å². The van der Waals surface area contributed by atoms with E-state index >= 15 is 0 Å². The fraction of sp³-hybridized carbons (Fsp3) is 0.250. The van der Waals surface area contributed by atoms with Crippen molar-refractivity contribution in [3.8, 4) is 11.3 Å². The highest BCUT2D eigenvalue weighted by molar-refractivity contribution is 7.14. The molecule has 3 aromatic rings. The van der Waals surface area contributed by atoms with Gasteiger partial charge in [-0.3, -0.25) is 9.59 Å². The quantitative estimate of drug-likeness (QED) is 0.631. The number of aryl methyl sites for hydroxylation is 2. The van der Waals surface area contributed by atoms with Gasteiger partial charge in [0.2, 0.25) is 11.8 Å². The molecule has 0 saturated heterocycles. The van der Waals surface area contributed by atoms with E-state index in [2.05, 4.69) is 33.8 Å². The van der Waals surface area contributed by atoms with Crippen molar-refractivity contribution in [2.24, 2.45) is 0 Å². The van der Waals surface area contributed by atoms with Gasteiger partial charge >= 0.3 is 0 Å². The lowest BCUT2D eigenvalue weighted by Crippen LogP contribution is -2.29. The second-order valence-corrected chi connectivity index (χ2v) is 8.21. The minimum Gasteiger partial charge on any atom is -0.348 e. The lowest BCUT2D eigenvalue weighted by molar-refractivity contribution is -0.120. The highest BCUT2D eigenvalue weighted by Gasteiger charge is 2.19. The van der Waals surface area contributed by atoms with Crippen molar-refractivity contribution in [2.75, 3.05) is 5.32 Å². The summed E-state index contributed by atoms with van der Waals surface area (Å²) >= 11 is 2.92. The number of thiophene rings is 1. The van der Waals surface area contributed by atoms with Crippen LogP contribution in [0, 0.1) is 13.8 Å². The van der Waals surface area contributed by atoms with Crippen molar-refractivity contribution in [1.82, 2.24) is 10.3 Å². The second kappa shape index (κ2) is 8.45. The first kappa shape index (κ1) is 19.3. The average Bonchev–Trinajstić information content (AvgIpc) is 3.28. The number of carbonyl (C=O) groups excluding carboxylic acids is 2. The summed E-state index contributed by atoms with van der Waals surface area (Å²) in [4.78, 5) is 29.4. The summed E-state index contributed by atoms with van der Waals surface area (Å²) in [6.45, 7) is 5.55. The van der Waals surface area contributed by atoms with Gasteiger partial charge in [0.05, 0.1) is 18.2 Å². The number of aromatic nitrogens is 1. The molecule has 5 nitrogen and oxygen atoms in total. The molecule has 27 heavy (non-hydrogen) atoms. The van der Waals surface area contributed by atoms with Crippen molar-refractivity contribution in [1.29, 1.82) is 0 Å². The number of carbonyl (C=O) groups is 2. The normalized spacial score (nSPS) is 11.8. The first-order chi connectivity index (χ1) is 12.9. The number of anilines is 1. The van der Waals surface area contributed by atoms with E-state index in [9.17, 15) is 9.59 Å². The molecule has 1 unspecified atom stereocenters. The molecular formula is C20H21N3O2S2. The van der Waals surface area contributed by atoms with E-state index in [4.69, 9.17) is 0 Å². The van der Waals surface area contributed by atoms with Gasteiger partial charge < -0.3 is 10.6 Å². The number of hydrogen-bond acceptors (Lipinski definition) is 5. The SMILES string of the molecule is CC(=O)NC(CC(=O)Nc1nc(-c2cc(C)ccc2C)cs1)c1cccs1. The van der Waals surface area contributed by atoms with Crippen molar-refractivity contribution >= 4 is 39.6 Å². The van der Waals surface area contributed by atoms with Gasteiger partial charge in [-0.25, -0.2) is 4.98 Å². The van der Waals surface area contributed by atoms with Crippen molar-refractivity contribution in [3.05, 3.63) is 57.1 Å².